The predicted octanol–water partition coefficient (Wildman–Crippen LogP) is 25.9. The molecule has 4 aliphatic heterocycles. The van der Waals surface area contributed by atoms with Crippen molar-refractivity contribution in [2.75, 3.05) is 21.3 Å². The lowest BCUT2D eigenvalue weighted by atomic mass is 9.96. The third-order valence-corrected chi connectivity index (χ3v) is 21.8. The minimum atomic E-state index is 0.439. The highest BCUT2D eigenvalue weighted by atomic mass is 35.5. The fourth-order valence-electron chi connectivity index (χ4n) is 14.6. The maximum atomic E-state index is 9.30. The van der Waals surface area contributed by atoms with Crippen LogP contribution in [0.5, 0.6) is 0 Å². The van der Waals surface area contributed by atoms with Gasteiger partial charge in [0.1, 0.15) is 44.4 Å². The van der Waals surface area contributed by atoms with Crippen molar-refractivity contribution in [3.8, 4) is 95.2 Å². The van der Waals surface area contributed by atoms with Crippen LogP contribution in [0, 0.1) is 51.8 Å². The van der Waals surface area contributed by atoms with Crippen LogP contribution in [-0.4, -0.2) is 53.8 Å². The van der Waals surface area contributed by atoms with Crippen LogP contribution in [0.15, 0.2) is 262 Å². The number of nitriles is 1. The Bertz CT molecular complexity index is 7100. The normalized spacial score (nSPS) is 12.5. The minimum Gasteiger partial charge on any atom is -0.353 e. The third kappa shape index (κ3) is 15.8. The summed E-state index contributed by atoms with van der Waals surface area (Å²) >= 11 is 20.5. The van der Waals surface area contributed by atoms with Crippen LogP contribution < -0.4 is 21.3 Å². The zero-order chi connectivity index (χ0) is 82.4. The van der Waals surface area contributed by atoms with Gasteiger partial charge in [0.05, 0.1) is 70.4 Å². The van der Waals surface area contributed by atoms with Crippen molar-refractivity contribution >= 4 is 148 Å². The van der Waals surface area contributed by atoms with Gasteiger partial charge in [-0.15, -0.1) is 11.3 Å². The van der Waals surface area contributed by atoms with Gasteiger partial charge in [0.2, 0.25) is 0 Å². The Labute approximate surface area is 703 Å². The number of imidazole rings is 1. The molecule has 0 fully saturated rings. The van der Waals surface area contributed by atoms with Gasteiger partial charge in [-0.1, -0.05) is 97.5 Å². The highest BCUT2D eigenvalue weighted by Gasteiger charge is 2.25. The van der Waals surface area contributed by atoms with Crippen molar-refractivity contribution in [2.45, 2.75) is 20.8 Å². The predicted molar refractivity (Wildman–Crippen MR) is 486 cm³/mol. The van der Waals surface area contributed by atoms with Gasteiger partial charge in [-0.3, -0.25) is 0 Å². The van der Waals surface area contributed by atoms with E-state index in [-0.39, 0.29) is 0 Å². The van der Waals surface area contributed by atoms with Gasteiger partial charge in [-0.25, -0.2) is 54.4 Å². The van der Waals surface area contributed by atoms with E-state index in [0.29, 0.717) is 38.1 Å². The van der Waals surface area contributed by atoms with Crippen LogP contribution >= 0.6 is 46.1 Å². The first-order chi connectivity index (χ1) is 57.6. The van der Waals surface area contributed by atoms with Crippen LogP contribution in [0.1, 0.15) is 44.9 Å². The maximum absolute atomic E-state index is 9.30. The standard InChI is InChI=1S/C25H18ClN5.C24H16ClN5.C24H15ClN4S.C23H15N5/c1-14-5-6-16-11-20(17-9-15(2)28-23(26)13-17)24(30-25(16)29-14)22-12-18-10-19(27-3)7-8-21(18)31(22)4;1-13-4-5-15-10-19(16-8-14(2)27-22(25)12-16)23(30-24(15)28-13)21-11-17-9-18(26-3)6-7-20(17)29-21;1-13-4-5-15-10-19(16-8-14(2)27-22(25)12-16)23(29-24(15)28-13)21-11-17-9-18(26-3)6-7-20(17)30-21;1-15-5-6-18-12-20(19-7-8-21-25-9-10-28(21)14-19)22(27-23(18)26-15)17-4-2-3-16(11-17)13-24/h5-13H,1H2,2,4H3,(H,29,30);4-12,29H,1H2,2H3,(H,28,30);4-12H,1H2,2H3,(H,28,29);2-12,14H,1H2,(H,26,27). The average Bonchev–Trinajstić information content (AvgIpc) is 1.66. The number of hydrogen-bond donors (Lipinski definition) is 5. The number of H-pyrrole nitrogens is 1. The minimum absolute atomic E-state index is 0.439. The van der Waals surface area contributed by atoms with E-state index in [0.717, 1.165) is 212 Å². The number of fused-ring (bicyclic) bond motifs is 8. The number of nitrogens with one attached hydrogen (secondary N) is 5. The molecule has 0 aliphatic carbocycles. The number of thiophene rings is 1. The lowest BCUT2D eigenvalue weighted by Gasteiger charge is -2.19. The Kier molecular flexibility index (Phi) is 20.4. The van der Waals surface area contributed by atoms with E-state index in [1.807, 2.05) is 215 Å². The summed E-state index contributed by atoms with van der Waals surface area (Å²) in [4.78, 5) is 52.1. The largest absolute Gasteiger partial charge is 0.353 e. The molecule has 0 atom stereocenters. The van der Waals surface area contributed by atoms with E-state index in [9.17, 15) is 5.26 Å². The van der Waals surface area contributed by atoms with E-state index < -0.39 is 0 Å². The second-order valence-electron chi connectivity index (χ2n) is 28.4. The van der Waals surface area contributed by atoms with Gasteiger partial charge in [-0.05, 0) is 236 Å². The molecule has 0 saturated carbocycles. The molecule has 12 aromatic heterocycles. The molecule has 4 aliphatic rings. The summed E-state index contributed by atoms with van der Waals surface area (Å²) < 4.78 is 5.20. The highest BCUT2D eigenvalue weighted by Crippen LogP contribution is 2.46. The molecule has 5 N–H and O–H groups in total. The molecule has 0 amide bonds. The molecule has 0 saturated heterocycles. The Balaban J connectivity index is 0.000000114. The zero-order valence-electron chi connectivity index (χ0n) is 64.1. The Morgan fingerprint density at radius 2 is 0.924 bits per heavy atom. The molecular formula is C96H64Cl3N19S. The number of rotatable bonds is 8. The van der Waals surface area contributed by atoms with Gasteiger partial charge < -0.3 is 35.2 Å². The zero-order valence-corrected chi connectivity index (χ0v) is 67.2. The van der Waals surface area contributed by atoms with Gasteiger partial charge in [0, 0.05) is 137 Å². The molecule has 16 aromatic rings. The number of hydrogen-bond acceptors (Lipinski definition) is 14. The molecule has 0 spiro atoms. The van der Waals surface area contributed by atoms with E-state index in [4.69, 9.17) is 74.5 Å². The first kappa shape index (κ1) is 76.3. The molecular weight excluding hydrogens is 1560 g/mol. The number of pyridine rings is 8. The molecule has 0 radical (unpaired) electrons. The number of nitrogens with zero attached hydrogens (tertiary/aromatic N) is 14. The van der Waals surface area contributed by atoms with E-state index >= 15 is 0 Å². The molecule has 20 rings (SSSR count). The number of aromatic nitrogens is 11. The second-order valence-corrected chi connectivity index (χ2v) is 30.7. The number of halogens is 3. The number of benzene rings is 4. The van der Waals surface area contributed by atoms with E-state index in [1.165, 1.54) is 0 Å². The van der Waals surface area contributed by atoms with Crippen LogP contribution in [0.4, 0.5) is 40.3 Å². The van der Waals surface area contributed by atoms with Crippen molar-refractivity contribution in [2.24, 2.45) is 7.05 Å². The number of anilines is 4. The Hall–Kier alpha value is -15.4. The van der Waals surface area contributed by atoms with Crippen molar-refractivity contribution < 1.29 is 0 Å². The van der Waals surface area contributed by atoms with Crippen molar-refractivity contribution in [3.63, 3.8) is 0 Å². The molecule has 23 heteroatoms. The molecule has 570 valence electrons. The highest BCUT2D eigenvalue weighted by molar-refractivity contribution is 7.22. The van der Waals surface area contributed by atoms with Crippen LogP contribution in [0.25, 0.3) is 165 Å². The van der Waals surface area contributed by atoms with E-state index in [1.54, 1.807) is 29.7 Å². The first-order valence-corrected chi connectivity index (χ1v) is 39.1. The van der Waals surface area contributed by atoms with Crippen molar-refractivity contribution in [3.05, 3.63) is 356 Å². The lowest BCUT2D eigenvalue weighted by molar-refractivity contribution is 0.971. The summed E-state index contributed by atoms with van der Waals surface area (Å²) in [6.45, 7) is 43.5. The summed E-state index contributed by atoms with van der Waals surface area (Å²) in [7, 11) is 2.01. The topological polar surface area (TPSA) is 213 Å². The number of aryl methyl sites for hydroxylation is 4. The van der Waals surface area contributed by atoms with Crippen LogP contribution in [0.3, 0.4) is 0 Å². The van der Waals surface area contributed by atoms with Gasteiger partial charge in [0.15, 0.2) is 17.1 Å². The smallest absolute Gasteiger partial charge is 0.187 e. The summed E-state index contributed by atoms with van der Waals surface area (Å²) in [5.41, 5.74) is 28.7. The van der Waals surface area contributed by atoms with Gasteiger partial charge >= 0.3 is 0 Å². The number of aromatic amines is 1. The summed E-state index contributed by atoms with van der Waals surface area (Å²) in [6.07, 6.45) is 21.5. The fraction of sp³-hybridized carbons (Fsp3) is 0.0417. The number of allylic oxidation sites excluding steroid dienone is 4. The molecule has 0 bridgehead atoms. The van der Waals surface area contributed by atoms with Crippen molar-refractivity contribution in [1.82, 2.24) is 53.8 Å². The molecule has 0 unspecified atom stereocenters. The lowest BCUT2D eigenvalue weighted by Crippen LogP contribution is -2.07. The molecule has 4 aromatic carbocycles. The second kappa shape index (κ2) is 31.8. The molecule has 16 heterocycles. The summed E-state index contributed by atoms with van der Waals surface area (Å²) in [5.74, 6) is 3.05. The van der Waals surface area contributed by atoms with Gasteiger partial charge in [0.25, 0.3) is 0 Å². The average molecular weight is 1620 g/mol. The monoisotopic (exact) mass is 1620 g/mol. The summed E-state index contributed by atoms with van der Waals surface area (Å²) in [5, 5.41) is 26.6. The van der Waals surface area contributed by atoms with E-state index in [2.05, 4.69) is 134 Å². The quantitative estimate of drug-likeness (QED) is 0.0708. The van der Waals surface area contributed by atoms with Gasteiger partial charge in [-0.2, -0.15) is 5.26 Å². The molecule has 19 nitrogen and oxygen atoms in total. The SMILES string of the molecule is C=C1C=Cc2cc(-c3ccc4nccn4c3)c(-c3cccc(C#N)c3)nc2N1.[C-]#[N+]c1ccc2[nH]c(-c3nc4c(cc3-c3cc(C)nc(Cl)c3)C=CC(=C)N4)cc2c1.[C-]#[N+]c1ccc2c(c1)cc(-c1nc3c(cc1-c1cc(C)nc(Cl)c1)C=CC(=C)N3)n2C.[C-]#[N+]c1ccc2sc(-c3nc4c(cc3-c3cc(C)nc(Cl)c3)C=CC(=C)N4)cc2c1. The van der Waals surface area contributed by atoms with Crippen LogP contribution in [0.2, 0.25) is 15.5 Å². The summed E-state index contributed by atoms with van der Waals surface area (Å²) in [6, 6.07) is 57.0. The van der Waals surface area contributed by atoms with Crippen LogP contribution in [-0.2, 0) is 7.05 Å². The Morgan fingerprint density at radius 3 is 1.46 bits per heavy atom. The maximum Gasteiger partial charge on any atom is 0.187 e. The van der Waals surface area contributed by atoms with Crippen molar-refractivity contribution in [1.29, 1.82) is 5.26 Å². The first-order valence-electron chi connectivity index (χ1n) is 37.2. The molecule has 119 heavy (non-hydrogen) atoms. The fourth-order valence-corrected chi connectivity index (χ4v) is 16.4. The Morgan fingerprint density at radius 1 is 0.445 bits per heavy atom. The third-order valence-electron chi connectivity index (χ3n) is 20.1.